The van der Waals surface area contributed by atoms with Gasteiger partial charge in [-0.1, -0.05) is 30.4 Å². The van der Waals surface area contributed by atoms with E-state index >= 15 is 0 Å². The highest BCUT2D eigenvalue weighted by Crippen LogP contribution is 2.65. The lowest BCUT2D eigenvalue weighted by molar-refractivity contribution is -0.924. The largest absolute Gasteiger partial charge is 0.363 e. The Balaban J connectivity index is 1.67. The predicted octanol–water partition coefficient (Wildman–Crippen LogP) is 3.64. The number of rotatable bonds is 0. The molecule has 0 amide bonds. The van der Waals surface area contributed by atoms with Gasteiger partial charge in [-0.3, -0.25) is 0 Å². The lowest BCUT2D eigenvalue weighted by atomic mass is 9.57. The van der Waals surface area contributed by atoms with Gasteiger partial charge in [-0.15, -0.1) is 0 Å². The smallest absolute Gasteiger partial charge is 0.102 e. The Bertz CT molecular complexity index is 806. The van der Waals surface area contributed by atoms with Gasteiger partial charge >= 0.3 is 0 Å². The summed E-state index contributed by atoms with van der Waals surface area (Å²) in [7, 11) is 2.54. The minimum atomic E-state index is 0.382. The van der Waals surface area contributed by atoms with Gasteiger partial charge < -0.3 is 9.38 Å². The molecule has 2 nitrogen and oxygen atoms in total. The van der Waals surface area contributed by atoms with Crippen molar-refractivity contribution in [3.8, 4) is 0 Å². The second-order valence-electron chi connectivity index (χ2n) is 8.93. The number of nitrogens with zero attached hydrogens (tertiary/aromatic N) is 2. The number of allylic oxidation sites excluding steroid dienone is 1. The zero-order chi connectivity index (χ0) is 16.1. The molecule has 2 bridgehead atoms. The fraction of sp³-hybridized carbons (Fsp3) is 0.545. The second-order valence-corrected chi connectivity index (χ2v) is 8.93. The Morgan fingerprint density at radius 1 is 1.29 bits per heavy atom. The molecule has 0 N–H and O–H groups in total. The number of benzene rings is 1. The van der Waals surface area contributed by atoms with E-state index in [1.807, 2.05) is 0 Å². The molecule has 5 atom stereocenters. The Hall–Kier alpha value is -1.54. The van der Waals surface area contributed by atoms with Crippen LogP contribution in [0, 0.1) is 5.92 Å². The fourth-order valence-electron chi connectivity index (χ4n) is 7.37. The quantitative estimate of drug-likeness (QED) is 0.521. The van der Waals surface area contributed by atoms with Crippen molar-refractivity contribution in [2.24, 2.45) is 5.92 Å². The molecule has 1 aromatic carbocycles. The number of hydrogen-bond donors (Lipinski definition) is 0. The molecule has 3 fully saturated rings. The van der Waals surface area contributed by atoms with E-state index in [4.69, 9.17) is 0 Å². The van der Waals surface area contributed by atoms with Gasteiger partial charge in [0, 0.05) is 31.0 Å². The van der Waals surface area contributed by atoms with Gasteiger partial charge in [-0.25, -0.2) is 0 Å². The molecule has 5 aliphatic rings. The van der Waals surface area contributed by atoms with Crippen LogP contribution in [-0.2, 0) is 5.41 Å². The van der Waals surface area contributed by atoms with Crippen LogP contribution in [0.15, 0.2) is 47.6 Å². The average molecular weight is 319 g/mol. The van der Waals surface area contributed by atoms with Gasteiger partial charge in [0.1, 0.15) is 12.6 Å². The Labute approximate surface area is 145 Å². The van der Waals surface area contributed by atoms with Gasteiger partial charge in [-0.05, 0) is 36.1 Å². The summed E-state index contributed by atoms with van der Waals surface area (Å²) >= 11 is 0. The predicted molar refractivity (Wildman–Crippen MR) is 98.1 cm³/mol. The fourth-order valence-corrected chi connectivity index (χ4v) is 7.37. The van der Waals surface area contributed by atoms with Crippen LogP contribution >= 0.6 is 0 Å². The number of quaternary nitrogens is 1. The first kappa shape index (κ1) is 13.7. The number of anilines is 1. The first-order chi connectivity index (χ1) is 11.7. The molecule has 1 spiro atoms. The molecule has 0 aromatic heterocycles. The molecule has 124 valence electrons. The van der Waals surface area contributed by atoms with Gasteiger partial charge in [0.2, 0.25) is 0 Å². The van der Waals surface area contributed by atoms with Crippen LogP contribution in [0.1, 0.15) is 31.7 Å². The highest BCUT2D eigenvalue weighted by Gasteiger charge is 2.71. The van der Waals surface area contributed by atoms with E-state index in [0.717, 1.165) is 12.0 Å². The van der Waals surface area contributed by atoms with E-state index in [1.54, 1.807) is 22.4 Å². The van der Waals surface area contributed by atoms with Gasteiger partial charge in [0.25, 0.3) is 0 Å². The van der Waals surface area contributed by atoms with E-state index in [2.05, 4.69) is 55.3 Å². The monoisotopic (exact) mass is 319 g/mol. The summed E-state index contributed by atoms with van der Waals surface area (Å²) in [5, 5.41) is 0. The number of hydrogen-bond acceptors (Lipinski definition) is 1. The van der Waals surface area contributed by atoms with Crippen LogP contribution in [0.4, 0.5) is 5.69 Å². The Morgan fingerprint density at radius 2 is 2.17 bits per heavy atom. The molecule has 6 rings (SSSR count). The third kappa shape index (κ3) is 1.29. The van der Waals surface area contributed by atoms with E-state index in [0.29, 0.717) is 11.5 Å². The molecule has 2 saturated heterocycles. The van der Waals surface area contributed by atoms with Crippen LogP contribution in [0.5, 0.6) is 0 Å². The summed E-state index contributed by atoms with van der Waals surface area (Å²) in [6.07, 6.45) is 9.04. The van der Waals surface area contributed by atoms with Crippen molar-refractivity contribution >= 4 is 5.69 Å². The summed E-state index contributed by atoms with van der Waals surface area (Å²) in [4.78, 5) is 2.79. The molecule has 1 aromatic rings. The van der Waals surface area contributed by atoms with Crippen LogP contribution in [0.3, 0.4) is 0 Å². The lowest BCUT2D eigenvalue weighted by Gasteiger charge is -2.56. The summed E-state index contributed by atoms with van der Waals surface area (Å²) in [6.45, 7) is 6.10. The summed E-state index contributed by atoms with van der Waals surface area (Å²) in [5.74, 6) is 0.722. The number of para-hydroxylation sites is 1. The molecule has 1 saturated carbocycles. The van der Waals surface area contributed by atoms with E-state index in [-0.39, 0.29) is 0 Å². The lowest BCUT2D eigenvalue weighted by Crippen LogP contribution is -2.67. The van der Waals surface area contributed by atoms with E-state index < -0.39 is 0 Å². The standard InChI is InChI=1S/C22H27N2/c1-3-15-14-24(2)12-10-22-18-8-4-5-9-19(18)23-11-6-7-16(21(22)23)17(15)13-20(22)24/h3-5,7-9,17,20-21H,6,10-14H2,1-2H3/q+1. The molecule has 4 aliphatic heterocycles. The van der Waals surface area contributed by atoms with Gasteiger partial charge in [-0.2, -0.15) is 0 Å². The molecule has 1 aliphatic carbocycles. The Morgan fingerprint density at radius 3 is 3.04 bits per heavy atom. The zero-order valence-corrected chi connectivity index (χ0v) is 14.8. The molecular formula is C22H27N2+. The zero-order valence-electron chi connectivity index (χ0n) is 14.8. The van der Waals surface area contributed by atoms with Crippen molar-refractivity contribution in [1.29, 1.82) is 0 Å². The highest BCUT2D eigenvalue weighted by molar-refractivity contribution is 5.70. The maximum Gasteiger partial charge on any atom is 0.102 e. The summed E-state index contributed by atoms with van der Waals surface area (Å²) in [5.41, 5.74) is 7.10. The van der Waals surface area contributed by atoms with Crippen LogP contribution in [-0.4, -0.2) is 43.2 Å². The first-order valence-corrected chi connectivity index (χ1v) is 9.74. The van der Waals surface area contributed by atoms with Crippen molar-refractivity contribution in [2.45, 2.75) is 43.7 Å². The number of piperidine rings is 1. The highest BCUT2D eigenvalue weighted by atomic mass is 15.4. The van der Waals surface area contributed by atoms with Crippen molar-refractivity contribution in [3.05, 3.63) is 53.1 Å². The Kier molecular flexibility index (Phi) is 2.38. The molecule has 5 unspecified atom stereocenters. The van der Waals surface area contributed by atoms with Crippen LogP contribution < -0.4 is 4.90 Å². The number of likely N-dealkylation sites (N-methyl/N-ethyl adjacent to an activating group) is 1. The van der Waals surface area contributed by atoms with Crippen LogP contribution in [0.25, 0.3) is 0 Å². The molecule has 2 heteroatoms. The average Bonchev–Trinajstić information content (AvgIpc) is 3.11. The maximum atomic E-state index is 2.79. The molecular weight excluding hydrogens is 292 g/mol. The van der Waals surface area contributed by atoms with Gasteiger partial charge in [0.15, 0.2) is 0 Å². The third-order valence-corrected chi connectivity index (χ3v) is 8.19. The first-order valence-electron chi connectivity index (χ1n) is 9.74. The maximum absolute atomic E-state index is 2.79. The molecule has 0 radical (unpaired) electrons. The normalized spacial score (nSPS) is 45.9. The van der Waals surface area contributed by atoms with Crippen LogP contribution in [0.2, 0.25) is 0 Å². The van der Waals surface area contributed by atoms with Crippen molar-refractivity contribution < 1.29 is 4.48 Å². The van der Waals surface area contributed by atoms with Crippen molar-refractivity contribution in [1.82, 2.24) is 0 Å². The van der Waals surface area contributed by atoms with E-state index in [9.17, 15) is 0 Å². The SMILES string of the molecule is CC=C1C[N+]2(C)CCC34c5ccccc5N5CCC=C(C1CC32)C54. The topological polar surface area (TPSA) is 3.24 Å². The van der Waals surface area contributed by atoms with Crippen molar-refractivity contribution in [2.75, 3.05) is 31.6 Å². The summed E-state index contributed by atoms with van der Waals surface area (Å²) < 4.78 is 1.28. The minimum Gasteiger partial charge on any atom is -0.363 e. The molecule has 24 heavy (non-hydrogen) atoms. The number of fused-ring (bicyclic) bond motifs is 4. The third-order valence-electron chi connectivity index (χ3n) is 8.19. The van der Waals surface area contributed by atoms with E-state index in [1.165, 1.54) is 43.4 Å². The summed E-state index contributed by atoms with van der Waals surface area (Å²) in [6, 6.07) is 10.8. The second kappa shape index (κ2) is 4.16. The minimum absolute atomic E-state index is 0.382. The van der Waals surface area contributed by atoms with Crippen molar-refractivity contribution in [3.63, 3.8) is 0 Å². The van der Waals surface area contributed by atoms with Gasteiger partial charge in [0.05, 0.1) is 25.0 Å². The molecule has 4 heterocycles.